The van der Waals surface area contributed by atoms with Crippen molar-refractivity contribution in [1.29, 1.82) is 0 Å². The molecule has 25 heavy (non-hydrogen) atoms. The molecule has 1 aliphatic rings. The maximum absolute atomic E-state index is 12.6. The summed E-state index contributed by atoms with van der Waals surface area (Å²) in [6, 6.07) is 0.778. The van der Waals surface area contributed by atoms with Crippen LogP contribution in [0.15, 0.2) is 12.3 Å². The lowest BCUT2D eigenvalue weighted by atomic mass is 10.2. The number of nitrogens with zero attached hydrogens (tertiary/aromatic N) is 3. The molecule has 0 amide bonds. The molecule has 0 aromatic carbocycles. The van der Waals surface area contributed by atoms with Crippen molar-refractivity contribution in [3.05, 3.63) is 22.8 Å². The van der Waals surface area contributed by atoms with Gasteiger partial charge >= 0.3 is 12.4 Å². The molecular weight excluding hydrogens is 376 g/mol. The fraction of sp³-hybridized carbons (Fsp3) is 0.643. The molecule has 0 aliphatic carbocycles. The minimum absolute atomic E-state index is 0.160. The van der Waals surface area contributed by atoms with Gasteiger partial charge in [-0.2, -0.15) is 26.3 Å². The van der Waals surface area contributed by atoms with E-state index in [9.17, 15) is 26.3 Å². The van der Waals surface area contributed by atoms with Gasteiger partial charge in [0.1, 0.15) is 5.82 Å². The summed E-state index contributed by atoms with van der Waals surface area (Å²) in [5.41, 5.74) is -0.967. The Balaban J connectivity index is 2.04. The number of β-amino-alcohol motifs (C(OH)–C–C–N with tert-alkyl or cyclic N) is 1. The normalized spacial score (nSPS) is 19.0. The van der Waals surface area contributed by atoms with Crippen LogP contribution in [0.1, 0.15) is 12.0 Å². The average molecular weight is 392 g/mol. The number of pyridine rings is 1. The quantitative estimate of drug-likeness (QED) is 0.803. The molecule has 2 heterocycles. The summed E-state index contributed by atoms with van der Waals surface area (Å²) in [5.74, 6) is 0.160. The van der Waals surface area contributed by atoms with Gasteiger partial charge in [-0.1, -0.05) is 11.6 Å². The van der Waals surface area contributed by atoms with Gasteiger partial charge in [0.15, 0.2) is 6.10 Å². The predicted molar refractivity (Wildman–Crippen MR) is 79.6 cm³/mol. The van der Waals surface area contributed by atoms with Crippen molar-refractivity contribution in [3.63, 3.8) is 0 Å². The molecule has 0 saturated carbocycles. The van der Waals surface area contributed by atoms with Crippen molar-refractivity contribution in [3.8, 4) is 0 Å². The molecule has 1 unspecified atom stereocenters. The Morgan fingerprint density at radius 3 is 2.36 bits per heavy atom. The number of alkyl halides is 6. The summed E-state index contributed by atoms with van der Waals surface area (Å²) in [6.45, 7) is 0.596. The second-order valence-electron chi connectivity index (χ2n) is 5.73. The summed E-state index contributed by atoms with van der Waals surface area (Å²) < 4.78 is 75.2. The Kier molecular flexibility index (Phi) is 6.05. The molecule has 142 valence electrons. The molecule has 0 spiro atoms. The van der Waals surface area contributed by atoms with Crippen molar-refractivity contribution in [2.75, 3.05) is 37.6 Å². The molecule has 1 aromatic rings. The summed E-state index contributed by atoms with van der Waals surface area (Å²) in [7, 11) is 0. The van der Waals surface area contributed by atoms with E-state index in [4.69, 9.17) is 16.7 Å². The zero-order valence-electron chi connectivity index (χ0n) is 12.9. The second-order valence-corrected chi connectivity index (χ2v) is 6.13. The summed E-state index contributed by atoms with van der Waals surface area (Å²) in [6.07, 6.45) is -10.5. The third-order valence-corrected chi connectivity index (χ3v) is 4.12. The number of hydrogen-bond acceptors (Lipinski definition) is 4. The highest BCUT2D eigenvalue weighted by Crippen LogP contribution is 2.33. The zero-order chi connectivity index (χ0) is 18.8. The van der Waals surface area contributed by atoms with E-state index in [-0.39, 0.29) is 23.9 Å². The third kappa shape index (κ3) is 5.35. The lowest BCUT2D eigenvalue weighted by Gasteiger charge is -2.25. The topological polar surface area (TPSA) is 39.6 Å². The summed E-state index contributed by atoms with van der Waals surface area (Å²) in [5, 5.41) is 8.98. The van der Waals surface area contributed by atoms with E-state index in [0.717, 1.165) is 6.07 Å². The Hall–Kier alpha value is -1.26. The van der Waals surface area contributed by atoms with E-state index in [1.54, 1.807) is 4.90 Å². The van der Waals surface area contributed by atoms with E-state index in [1.165, 1.54) is 4.90 Å². The van der Waals surface area contributed by atoms with Gasteiger partial charge in [0.2, 0.25) is 0 Å². The first kappa shape index (κ1) is 20.1. The molecule has 0 radical (unpaired) electrons. The molecule has 1 fully saturated rings. The number of rotatable bonds is 3. The van der Waals surface area contributed by atoms with Crippen LogP contribution in [0.3, 0.4) is 0 Å². The van der Waals surface area contributed by atoms with Crippen LogP contribution in [0.4, 0.5) is 32.2 Å². The van der Waals surface area contributed by atoms with Gasteiger partial charge in [-0.25, -0.2) is 4.98 Å². The average Bonchev–Trinajstić information content (AvgIpc) is 2.71. The van der Waals surface area contributed by atoms with Gasteiger partial charge in [0.05, 0.1) is 10.6 Å². The standard InChI is InChI=1S/C14H16ClF6N3O/c15-10-6-9(13(16,17)18)7-22-12(10)24-3-1-2-23(4-5-24)8-11(25)14(19,20)21/h6-7,11,25H,1-5,8H2. The van der Waals surface area contributed by atoms with E-state index in [2.05, 4.69) is 4.98 Å². The minimum Gasteiger partial charge on any atom is -0.382 e. The molecule has 11 heteroatoms. The molecular formula is C14H16ClF6N3O. The van der Waals surface area contributed by atoms with Crippen LogP contribution in [-0.4, -0.2) is 60.0 Å². The molecule has 1 atom stereocenters. The highest BCUT2D eigenvalue weighted by atomic mass is 35.5. The first-order valence-corrected chi connectivity index (χ1v) is 7.81. The van der Waals surface area contributed by atoms with Crippen LogP contribution in [0.2, 0.25) is 5.02 Å². The van der Waals surface area contributed by atoms with Crippen LogP contribution in [0.25, 0.3) is 0 Å². The summed E-state index contributed by atoms with van der Waals surface area (Å²) in [4.78, 5) is 6.84. The van der Waals surface area contributed by atoms with Crippen molar-refractivity contribution in [2.24, 2.45) is 0 Å². The third-order valence-electron chi connectivity index (χ3n) is 3.85. The Morgan fingerprint density at radius 2 is 1.80 bits per heavy atom. The van der Waals surface area contributed by atoms with Crippen molar-refractivity contribution in [1.82, 2.24) is 9.88 Å². The van der Waals surface area contributed by atoms with Gasteiger partial charge in [-0.05, 0) is 12.5 Å². The van der Waals surface area contributed by atoms with Crippen LogP contribution in [-0.2, 0) is 6.18 Å². The maximum Gasteiger partial charge on any atom is 0.417 e. The fourth-order valence-electron chi connectivity index (χ4n) is 2.53. The molecule has 2 rings (SSSR count). The van der Waals surface area contributed by atoms with Gasteiger partial charge in [-0.3, -0.25) is 4.90 Å². The second kappa shape index (κ2) is 7.55. The maximum atomic E-state index is 12.6. The van der Waals surface area contributed by atoms with E-state index >= 15 is 0 Å². The Labute approximate surface area is 145 Å². The van der Waals surface area contributed by atoms with Crippen LogP contribution < -0.4 is 4.90 Å². The van der Waals surface area contributed by atoms with E-state index < -0.39 is 30.6 Å². The number of aliphatic hydroxyl groups is 1. The minimum atomic E-state index is -4.69. The lowest BCUT2D eigenvalue weighted by Crippen LogP contribution is -2.42. The van der Waals surface area contributed by atoms with Crippen molar-refractivity contribution in [2.45, 2.75) is 24.9 Å². The number of aromatic nitrogens is 1. The van der Waals surface area contributed by atoms with E-state index in [0.29, 0.717) is 25.7 Å². The first-order valence-electron chi connectivity index (χ1n) is 7.43. The van der Waals surface area contributed by atoms with E-state index in [1.807, 2.05) is 0 Å². The van der Waals surface area contributed by atoms with Gasteiger partial charge in [0, 0.05) is 38.9 Å². The smallest absolute Gasteiger partial charge is 0.382 e. The van der Waals surface area contributed by atoms with Gasteiger partial charge < -0.3 is 10.0 Å². The number of hydrogen-bond donors (Lipinski definition) is 1. The largest absolute Gasteiger partial charge is 0.417 e. The SMILES string of the molecule is OC(CN1CCCN(c2ncc(C(F)(F)F)cc2Cl)CC1)C(F)(F)F. The van der Waals surface area contributed by atoms with Crippen LogP contribution in [0.5, 0.6) is 0 Å². The Bertz CT molecular complexity index is 595. The lowest BCUT2D eigenvalue weighted by molar-refractivity contribution is -0.208. The monoisotopic (exact) mass is 391 g/mol. The molecule has 0 bridgehead atoms. The molecule has 4 nitrogen and oxygen atoms in total. The van der Waals surface area contributed by atoms with Crippen LogP contribution >= 0.6 is 11.6 Å². The van der Waals surface area contributed by atoms with Crippen LogP contribution in [0, 0.1) is 0 Å². The molecule has 1 aromatic heterocycles. The molecule has 1 aliphatic heterocycles. The molecule has 1 N–H and O–H groups in total. The first-order chi connectivity index (χ1) is 11.5. The highest BCUT2D eigenvalue weighted by Gasteiger charge is 2.39. The highest BCUT2D eigenvalue weighted by molar-refractivity contribution is 6.33. The number of aliphatic hydroxyl groups excluding tert-OH is 1. The van der Waals surface area contributed by atoms with Crippen molar-refractivity contribution >= 4 is 17.4 Å². The van der Waals surface area contributed by atoms with Gasteiger partial charge in [0.25, 0.3) is 0 Å². The predicted octanol–water partition coefficient (Wildman–Crippen LogP) is 3.19. The Morgan fingerprint density at radius 1 is 1.12 bits per heavy atom. The summed E-state index contributed by atoms with van der Waals surface area (Å²) >= 11 is 5.90. The zero-order valence-corrected chi connectivity index (χ0v) is 13.7. The number of anilines is 1. The fourth-order valence-corrected chi connectivity index (χ4v) is 2.82. The van der Waals surface area contributed by atoms with Gasteiger partial charge in [-0.15, -0.1) is 0 Å². The number of halogens is 7. The van der Waals surface area contributed by atoms with Crippen molar-refractivity contribution < 1.29 is 31.4 Å². The molecule has 1 saturated heterocycles.